The van der Waals surface area contributed by atoms with Crippen molar-refractivity contribution >= 4 is 33.8 Å². The molecular weight excluding hydrogens is 276 g/mol. The summed E-state index contributed by atoms with van der Waals surface area (Å²) >= 11 is 6.78. The Morgan fingerprint density at radius 3 is 3.00 bits per heavy atom. The Labute approximate surface area is 119 Å². The van der Waals surface area contributed by atoms with E-state index < -0.39 is 0 Å². The second-order valence-electron chi connectivity index (χ2n) is 4.47. The molecule has 0 saturated carbocycles. The maximum atomic E-state index is 12.4. The quantitative estimate of drug-likeness (QED) is 0.733. The van der Waals surface area contributed by atoms with Crippen LogP contribution in [0.15, 0.2) is 40.5 Å². The van der Waals surface area contributed by atoms with Crippen LogP contribution in [0.5, 0.6) is 0 Å². The summed E-state index contributed by atoms with van der Waals surface area (Å²) in [6, 6.07) is 9.94. The Kier molecular flexibility index (Phi) is 3.08. The first-order valence-electron chi connectivity index (χ1n) is 5.91. The third kappa shape index (κ3) is 2.27. The molecule has 3 aromatic rings. The summed E-state index contributed by atoms with van der Waals surface area (Å²) < 4.78 is 2.08. The largest absolute Gasteiger partial charge is 0.323 e. The summed E-state index contributed by atoms with van der Waals surface area (Å²) in [4.78, 5) is 16.3. The Balaban J connectivity index is 2.15. The number of fused-ring (bicyclic) bond motifs is 1. The molecule has 96 valence electrons. The van der Waals surface area contributed by atoms with E-state index in [0.717, 1.165) is 10.4 Å². The van der Waals surface area contributed by atoms with Crippen LogP contribution in [-0.2, 0) is 6.54 Å². The molecule has 0 saturated heterocycles. The summed E-state index contributed by atoms with van der Waals surface area (Å²) in [5.74, 6) is 0. The van der Waals surface area contributed by atoms with Gasteiger partial charge in [0.1, 0.15) is 4.83 Å². The Hall–Kier alpha value is -1.72. The van der Waals surface area contributed by atoms with Gasteiger partial charge in [0, 0.05) is 0 Å². The van der Waals surface area contributed by atoms with Crippen LogP contribution in [0.2, 0.25) is 0 Å². The van der Waals surface area contributed by atoms with Crippen LogP contribution in [0, 0.1) is 11.7 Å². The van der Waals surface area contributed by atoms with Crippen molar-refractivity contribution in [2.75, 3.05) is 0 Å². The number of H-pyrrole nitrogens is 1. The third-order valence-electron chi connectivity index (χ3n) is 3.03. The number of hydrogen-bond acceptors (Lipinski definition) is 3. The van der Waals surface area contributed by atoms with E-state index in [1.807, 2.05) is 36.6 Å². The summed E-state index contributed by atoms with van der Waals surface area (Å²) in [5, 5.41) is 2.60. The lowest BCUT2D eigenvalue weighted by molar-refractivity contribution is 0.735. The standard InChI is InChI=1S/C14H12N2OS2/c1-9-3-2-4-10(7-9)8-16-13(17)11-5-6-19-12(11)15-14(16)18/h2-7H,8H2,1H3,(H,15,18). The van der Waals surface area contributed by atoms with Gasteiger partial charge in [0.2, 0.25) is 0 Å². The van der Waals surface area contributed by atoms with E-state index in [0.29, 0.717) is 16.7 Å². The van der Waals surface area contributed by atoms with Gasteiger partial charge in [-0.05, 0) is 36.2 Å². The van der Waals surface area contributed by atoms with Crippen LogP contribution in [0.25, 0.3) is 10.2 Å². The van der Waals surface area contributed by atoms with E-state index in [1.165, 1.54) is 16.9 Å². The number of thiophene rings is 1. The topological polar surface area (TPSA) is 37.8 Å². The number of aryl methyl sites for hydroxylation is 1. The van der Waals surface area contributed by atoms with Crippen molar-refractivity contribution in [2.24, 2.45) is 0 Å². The average molecular weight is 288 g/mol. The molecule has 2 heterocycles. The molecule has 0 aliphatic rings. The first-order chi connectivity index (χ1) is 9.15. The molecule has 0 unspecified atom stereocenters. The number of aromatic amines is 1. The summed E-state index contributed by atoms with van der Waals surface area (Å²) in [7, 11) is 0. The van der Waals surface area contributed by atoms with Gasteiger partial charge < -0.3 is 4.98 Å². The van der Waals surface area contributed by atoms with Crippen LogP contribution in [0.3, 0.4) is 0 Å². The van der Waals surface area contributed by atoms with Gasteiger partial charge in [-0.2, -0.15) is 0 Å². The first-order valence-corrected chi connectivity index (χ1v) is 7.20. The molecule has 0 fully saturated rings. The van der Waals surface area contributed by atoms with Gasteiger partial charge in [-0.3, -0.25) is 9.36 Å². The van der Waals surface area contributed by atoms with Gasteiger partial charge in [0.25, 0.3) is 5.56 Å². The Morgan fingerprint density at radius 1 is 1.37 bits per heavy atom. The number of nitrogens with one attached hydrogen (secondary N) is 1. The van der Waals surface area contributed by atoms with Crippen LogP contribution in [0.1, 0.15) is 11.1 Å². The predicted molar refractivity (Wildman–Crippen MR) is 81.6 cm³/mol. The molecule has 3 nitrogen and oxygen atoms in total. The zero-order chi connectivity index (χ0) is 13.4. The SMILES string of the molecule is Cc1cccc(Cn2c(=S)[nH]c3sccc3c2=O)c1. The lowest BCUT2D eigenvalue weighted by atomic mass is 10.1. The molecule has 1 N–H and O–H groups in total. The van der Waals surface area contributed by atoms with E-state index in [2.05, 4.69) is 11.1 Å². The molecule has 0 atom stereocenters. The van der Waals surface area contributed by atoms with Crippen molar-refractivity contribution in [3.63, 3.8) is 0 Å². The predicted octanol–water partition coefficient (Wildman–Crippen LogP) is 3.48. The van der Waals surface area contributed by atoms with Crippen molar-refractivity contribution in [2.45, 2.75) is 13.5 Å². The van der Waals surface area contributed by atoms with E-state index >= 15 is 0 Å². The fraction of sp³-hybridized carbons (Fsp3) is 0.143. The van der Waals surface area contributed by atoms with Crippen molar-refractivity contribution in [3.05, 3.63) is 62.0 Å². The highest BCUT2D eigenvalue weighted by atomic mass is 32.1. The molecule has 3 rings (SSSR count). The van der Waals surface area contributed by atoms with Gasteiger partial charge in [-0.1, -0.05) is 29.8 Å². The molecule has 0 aliphatic heterocycles. The second-order valence-corrected chi connectivity index (χ2v) is 5.78. The highest BCUT2D eigenvalue weighted by molar-refractivity contribution is 7.71. The minimum atomic E-state index is -0.0264. The second kappa shape index (κ2) is 4.75. The van der Waals surface area contributed by atoms with Crippen molar-refractivity contribution < 1.29 is 0 Å². The maximum absolute atomic E-state index is 12.4. The van der Waals surface area contributed by atoms with Crippen LogP contribution >= 0.6 is 23.6 Å². The molecule has 0 bridgehead atoms. The maximum Gasteiger partial charge on any atom is 0.263 e. The first kappa shape index (κ1) is 12.3. The van der Waals surface area contributed by atoms with Crippen LogP contribution < -0.4 is 5.56 Å². The molecule has 0 radical (unpaired) electrons. The van der Waals surface area contributed by atoms with Crippen LogP contribution in [-0.4, -0.2) is 9.55 Å². The average Bonchev–Trinajstić information content (AvgIpc) is 2.83. The molecule has 2 aromatic heterocycles. The van der Waals surface area contributed by atoms with Crippen molar-refractivity contribution in [3.8, 4) is 0 Å². The molecular formula is C14H12N2OS2. The van der Waals surface area contributed by atoms with E-state index in [-0.39, 0.29) is 5.56 Å². The number of rotatable bonds is 2. The summed E-state index contributed by atoms with van der Waals surface area (Å²) in [6.45, 7) is 2.54. The number of aromatic nitrogens is 2. The number of benzene rings is 1. The number of hydrogen-bond donors (Lipinski definition) is 1. The van der Waals surface area contributed by atoms with Crippen molar-refractivity contribution in [1.29, 1.82) is 0 Å². The minimum absolute atomic E-state index is 0.0264. The van der Waals surface area contributed by atoms with E-state index in [1.54, 1.807) is 4.57 Å². The molecule has 0 spiro atoms. The molecule has 0 amide bonds. The van der Waals surface area contributed by atoms with Gasteiger partial charge in [-0.25, -0.2) is 0 Å². The van der Waals surface area contributed by atoms with Gasteiger partial charge >= 0.3 is 0 Å². The lowest BCUT2D eigenvalue weighted by Crippen LogP contribution is -2.22. The summed E-state index contributed by atoms with van der Waals surface area (Å²) in [6.07, 6.45) is 0. The van der Waals surface area contributed by atoms with Gasteiger partial charge in [0.15, 0.2) is 4.77 Å². The fourth-order valence-corrected chi connectivity index (χ4v) is 3.21. The lowest BCUT2D eigenvalue weighted by Gasteiger charge is -2.07. The van der Waals surface area contributed by atoms with Gasteiger partial charge in [0.05, 0.1) is 11.9 Å². The highest BCUT2D eigenvalue weighted by Gasteiger charge is 2.07. The van der Waals surface area contributed by atoms with E-state index in [4.69, 9.17) is 12.2 Å². The molecule has 1 aromatic carbocycles. The summed E-state index contributed by atoms with van der Waals surface area (Å²) in [5.41, 5.74) is 2.23. The molecule has 5 heteroatoms. The van der Waals surface area contributed by atoms with E-state index in [9.17, 15) is 4.79 Å². The molecule has 0 aliphatic carbocycles. The smallest absolute Gasteiger partial charge is 0.263 e. The zero-order valence-electron chi connectivity index (χ0n) is 10.3. The molecule has 19 heavy (non-hydrogen) atoms. The monoisotopic (exact) mass is 288 g/mol. The zero-order valence-corrected chi connectivity index (χ0v) is 12.0. The van der Waals surface area contributed by atoms with Gasteiger partial charge in [-0.15, -0.1) is 11.3 Å². The third-order valence-corrected chi connectivity index (χ3v) is 4.18. The Morgan fingerprint density at radius 2 is 2.21 bits per heavy atom. The normalized spacial score (nSPS) is 11.0. The van der Waals surface area contributed by atoms with Crippen LogP contribution in [0.4, 0.5) is 0 Å². The Bertz CT molecular complexity index is 857. The number of nitrogens with zero attached hydrogens (tertiary/aromatic N) is 1. The fourth-order valence-electron chi connectivity index (χ4n) is 2.11. The van der Waals surface area contributed by atoms with Crippen molar-refractivity contribution in [1.82, 2.24) is 9.55 Å². The minimum Gasteiger partial charge on any atom is -0.323 e. The highest BCUT2D eigenvalue weighted by Crippen LogP contribution is 2.14.